The highest BCUT2D eigenvalue weighted by Gasteiger charge is 2.28. The summed E-state index contributed by atoms with van der Waals surface area (Å²) >= 11 is 0. The topological polar surface area (TPSA) is 80.5 Å². The van der Waals surface area contributed by atoms with Gasteiger partial charge in [-0.15, -0.1) is 5.10 Å². The third-order valence-electron chi connectivity index (χ3n) is 3.67. The Hall–Kier alpha value is -2.18. The van der Waals surface area contributed by atoms with E-state index in [1.54, 1.807) is 6.20 Å². The van der Waals surface area contributed by atoms with E-state index in [1.165, 1.54) is 12.8 Å². The average Bonchev–Trinajstić information content (AvgIpc) is 3.22. The van der Waals surface area contributed by atoms with E-state index < -0.39 is 0 Å². The maximum atomic E-state index is 4.68. The summed E-state index contributed by atoms with van der Waals surface area (Å²) in [4.78, 5) is 9.28. The number of nitrogens with one attached hydrogen (secondary N) is 2. The molecule has 0 spiro atoms. The number of rotatable bonds is 7. The van der Waals surface area contributed by atoms with E-state index in [0.717, 1.165) is 42.5 Å². The zero-order valence-corrected chi connectivity index (χ0v) is 12.5. The summed E-state index contributed by atoms with van der Waals surface area (Å²) in [5, 5.41) is 14.3. The van der Waals surface area contributed by atoms with Gasteiger partial charge in [0.05, 0.1) is 6.20 Å². The monoisotopic (exact) mass is 287 g/mol. The maximum Gasteiger partial charge on any atom is 0.136 e. The van der Waals surface area contributed by atoms with Crippen molar-refractivity contribution in [3.8, 4) is 0 Å². The van der Waals surface area contributed by atoms with Crippen LogP contribution >= 0.6 is 0 Å². The van der Waals surface area contributed by atoms with Crippen molar-refractivity contribution in [1.82, 2.24) is 25.0 Å². The van der Waals surface area contributed by atoms with Gasteiger partial charge in [-0.1, -0.05) is 5.21 Å². The molecule has 0 unspecified atom stereocenters. The SMILES string of the molecule is CNc1nc(C2CC2)nc(NCCCn2ccnn2)c1C. The summed E-state index contributed by atoms with van der Waals surface area (Å²) in [6.45, 7) is 3.75. The van der Waals surface area contributed by atoms with Crippen molar-refractivity contribution in [2.45, 2.75) is 38.6 Å². The summed E-state index contributed by atoms with van der Waals surface area (Å²) in [7, 11) is 1.90. The minimum atomic E-state index is 0.549. The number of hydrogen-bond acceptors (Lipinski definition) is 6. The average molecular weight is 287 g/mol. The van der Waals surface area contributed by atoms with E-state index in [1.807, 2.05) is 24.9 Å². The van der Waals surface area contributed by atoms with Gasteiger partial charge < -0.3 is 10.6 Å². The highest BCUT2D eigenvalue weighted by atomic mass is 15.4. The van der Waals surface area contributed by atoms with Crippen molar-refractivity contribution in [1.29, 1.82) is 0 Å². The van der Waals surface area contributed by atoms with Gasteiger partial charge in [0, 0.05) is 37.8 Å². The van der Waals surface area contributed by atoms with Crippen molar-refractivity contribution < 1.29 is 0 Å². The Balaban J connectivity index is 1.62. The van der Waals surface area contributed by atoms with Crippen LogP contribution in [-0.2, 0) is 6.54 Å². The molecule has 2 heterocycles. The van der Waals surface area contributed by atoms with E-state index in [4.69, 9.17) is 0 Å². The molecule has 112 valence electrons. The fraction of sp³-hybridized carbons (Fsp3) is 0.571. The normalized spacial score (nSPS) is 14.2. The summed E-state index contributed by atoms with van der Waals surface area (Å²) in [6, 6.07) is 0. The third kappa shape index (κ3) is 3.29. The van der Waals surface area contributed by atoms with E-state index in [2.05, 4.69) is 30.9 Å². The molecule has 0 radical (unpaired) electrons. The molecule has 1 saturated carbocycles. The Morgan fingerprint density at radius 2 is 2.10 bits per heavy atom. The van der Waals surface area contributed by atoms with Crippen molar-refractivity contribution in [3.05, 3.63) is 23.8 Å². The fourth-order valence-electron chi connectivity index (χ4n) is 2.27. The minimum Gasteiger partial charge on any atom is -0.373 e. The molecule has 2 aromatic rings. The highest BCUT2D eigenvalue weighted by molar-refractivity contribution is 5.57. The van der Waals surface area contributed by atoms with Gasteiger partial charge in [0.1, 0.15) is 17.5 Å². The Labute approximate surface area is 124 Å². The molecule has 0 amide bonds. The van der Waals surface area contributed by atoms with Crippen molar-refractivity contribution >= 4 is 11.6 Å². The van der Waals surface area contributed by atoms with Crippen LogP contribution in [0.2, 0.25) is 0 Å². The number of anilines is 2. The Bertz CT molecular complexity index is 590. The first-order chi connectivity index (χ1) is 10.3. The number of aryl methyl sites for hydroxylation is 1. The van der Waals surface area contributed by atoms with Gasteiger partial charge in [-0.25, -0.2) is 9.97 Å². The molecule has 0 saturated heterocycles. The molecule has 7 heteroatoms. The lowest BCUT2D eigenvalue weighted by Gasteiger charge is -2.13. The molecular weight excluding hydrogens is 266 g/mol. The first kappa shape index (κ1) is 13.8. The maximum absolute atomic E-state index is 4.68. The Morgan fingerprint density at radius 1 is 1.29 bits per heavy atom. The van der Waals surface area contributed by atoms with Crippen molar-refractivity contribution in [2.24, 2.45) is 0 Å². The van der Waals surface area contributed by atoms with Crippen LogP contribution in [-0.4, -0.2) is 38.6 Å². The molecule has 1 aliphatic rings. The van der Waals surface area contributed by atoms with Crippen molar-refractivity contribution in [3.63, 3.8) is 0 Å². The second-order valence-corrected chi connectivity index (χ2v) is 5.37. The predicted octanol–water partition coefficient (Wildman–Crippen LogP) is 1.80. The molecule has 7 nitrogen and oxygen atoms in total. The highest BCUT2D eigenvalue weighted by Crippen LogP contribution is 2.39. The molecular formula is C14H21N7. The summed E-state index contributed by atoms with van der Waals surface area (Å²) in [6.07, 6.45) is 6.96. The lowest BCUT2D eigenvalue weighted by Crippen LogP contribution is -2.12. The molecule has 21 heavy (non-hydrogen) atoms. The summed E-state index contributed by atoms with van der Waals surface area (Å²) in [5.74, 6) is 3.37. The quantitative estimate of drug-likeness (QED) is 0.756. The van der Waals surface area contributed by atoms with Crippen LogP contribution < -0.4 is 10.6 Å². The van der Waals surface area contributed by atoms with E-state index >= 15 is 0 Å². The van der Waals surface area contributed by atoms with E-state index in [9.17, 15) is 0 Å². The van der Waals surface area contributed by atoms with E-state index in [-0.39, 0.29) is 0 Å². The molecule has 2 aromatic heterocycles. The standard InChI is InChI=1S/C14H21N7/c1-10-12(15-2)18-14(11-4-5-11)19-13(10)16-6-3-8-21-9-7-17-20-21/h7,9,11H,3-6,8H2,1-2H3,(H2,15,16,18,19). The molecule has 1 aliphatic carbocycles. The van der Waals surface area contributed by atoms with Crippen LogP contribution in [0.5, 0.6) is 0 Å². The van der Waals surface area contributed by atoms with Gasteiger partial charge in [0.15, 0.2) is 0 Å². The smallest absolute Gasteiger partial charge is 0.136 e. The number of hydrogen-bond donors (Lipinski definition) is 2. The van der Waals surface area contributed by atoms with Gasteiger partial charge in [-0.2, -0.15) is 0 Å². The fourth-order valence-corrected chi connectivity index (χ4v) is 2.27. The van der Waals surface area contributed by atoms with E-state index in [0.29, 0.717) is 5.92 Å². The second kappa shape index (κ2) is 6.07. The van der Waals surface area contributed by atoms with Crippen LogP contribution in [0.3, 0.4) is 0 Å². The van der Waals surface area contributed by atoms with Gasteiger partial charge in [-0.3, -0.25) is 4.68 Å². The molecule has 0 aliphatic heterocycles. The lowest BCUT2D eigenvalue weighted by atomic mass is 10.2. The number of nitrogens with zero attached hydrogens (tertiary/aromatic N) is 5. The molecule has 0 bridgehead atoms. The summed E-state index contributed by atoms with van der Waals surface area (Å²) < 4.78 is 1.84. The Morgan fingerprint density at radius 3 is 2.76 bits per heavy atom. The van der Waals surface area contributed by atoms with Crippen molar-refractivity contribution in [2.75, 3.05) is 24.2 Å². The van der Waals surface area contributed by atoms with Gasteiger partial charge in [-0.05, 0) is 26.2 Å². The third-order valence-corrected chi connectivity index (χ3v) is 3.67. The van der Waals surface area contributed by atoms with Crippen LogP contribution in [0.25, 0.3) is 0 Å². The molecule has 2 N–H and O–H groups in total. The molecule has 0 aromatic carbocycles. The van der Waals surface area contributed by atoms with Crippen LogP contribution in [0, 0.1) is 6.92 Å². The second-order valence-electron chi connectivity index (χ2n) is 5.37. The number of aromatic nitrogens is 5. The molecule has 3 rings (SSSR count). The van der Waals surface area contributed by atoms with Crippen LogP contribution in [0.1, 0.15) is 36.6 Å². The largest absolute Gasteiger partial charge is 0.373 e. The zero-order chi connectivity index (χ0) is 14.7. The predicted molar refractivity (Wildman–Crippen MR) is 81.4 cm³/mol. The Kier molecular flexibility index (Phi) is 3.98. The molecule has 1 fully saturated rings. The van der Waals surface area contributed by atoms with Gasteiger partial charge in [0.2, 0.25) is 0 Å². The van der Waals surface area contributed by atoms with Gasteiger partial charge in [0.25, 0.3) is 0 Å². The first-order valence-electron chi connectivity index (χ1n) is 7.42. The van der Waals surface area contributed by atoms with Crippen LogP contribution in [0.4, 0.5) is 11.6 Å². The minimum absolute atomic E-state index is 0.549. The summed E-state index contributed by atoms with van der Waals surface area (Å²) in [5.41, 5.74) is 1.07. The van der Waals surface area contributed by atoms with Gasteiger partial charge >= 0.3 is 0 Å². The van der Waals surface area contributed by atoms with Crippen LogP contribution in [0.15, 0.2) is 12.4 Å². The lowest BCUT2D eigenvalue weighted by molar-refractivity contribution is 0.569. The molecule has 0 atom stereocenters. The zero-order valence-electron chi connectivity index (χ0n) is 12.5. The first-order valence-corrected chi connectivity index (χ1v) is 7.42.